The van der Waals surface area contributed by atoms with Crippen LogP contribution in [0.4, 0.5) is 24.8 Å². The van der Waals surface area contributed by atoms with Gasteiger partial charge in [0.2, 0.25) is 10.0 Å². The summed E-state index contributed by atoms with van der Waals surface area (Å²) in [5, 5.41) is 5.76. The van der Waals surface area contributed by atoms with E-state index in [-0.39, 0.29) is 41.7 Å². The standard InChI is InChI=1S/C20H22F3N7O2S/c21-12-3-4-24-8-15(12)27-20-14(23)7-13(22)19(28-20)16-9-25-17-10-26-18(11-29(16)17)30-5-1-2-6-33(30,31)32/h7,9-12,15,24H,1-6,8H2,(H,27,28)/t12-,15-/m0/s1. The molecule has 9 nitrogen and oxygen atoms in total. The Labute approximate surface area is 188 Å². The Hall–Kier alpha value is -2.93. The summed E-state index contributed by atoms with van der Waals surface area (Å²) in [5.41, 5.74) is 0.315. The minimum absolute atomic E-state index is 0.0261. The molecule has 0 aliphatic carbocycles. The molecular formula is C20H22F3N7O2S. The van der Waals surface area contributed by atoms with Gasteiger partial charge in [0.1, 0.15) is 11.9 Å². The number of sulfonamides is 1. The molecule has 2 saturated heterocycles. The Balaban J connectivity index is 1.54. The van der Waals surface area contributed by atoms with Gasteiger partial charge in [0.15, 0.2) is 28.9 Å². The smallest absolute Gasteiger partial charge is 0.236 e. The van der Waals surface area contributed by atoms with Crippen LogP contribution in [0.25, 0.3) is 17.0 Å². The van der Waals surface area contributed by atoms with Crippen molar-refractivity contribution in [3.8, 4) is 11.4 Å². The fraction of sp³-hybridized carbons (Fsp3) is 0.450. The van der Waals surface area contributed by atoms with Crippen molar-refractivity contribution in [3.05, 3.63) is 36.3 Å². The molecule has 2 fully saturated rings. The topological polar surface area (TPSA) is 105 Å². The molecule has 2 N–H and O–H groups in total. The van der Waals surface area contributed by atoms with Crippen LogP contribution in [0.15, 0.2) is 24.7 Å². The normalized spacial score (nSPS) is 23.1. The predicted molar refractivity (Wildman–Crippen MR) is 116 cm³/mol. The predicted octanol–water partition coefficient (Wildman–Crippen LogP) is 2.11. The lowest BCUT2D eigenvalue weighted by Crippen LogP contribution is -2.46. The summed E-state index contributed by atoms with van der Waals surface area (Å²) in [4.78, 5) is 12.5. The lowest BCUT2D eigenvalue weighted by molar-refractivity contribution is 0.240. The van der Waals surface area contributed by atoms with E-state index in [0.717, 1.165) is 0 Å². The Morgan fingerprint density at radius 1 is 1.15 bits per heavy atom. The second-order valence-corrected chi connectivity index (χ2v) is 10.1. The largest absolute Gasteiger partial charge is 0.361 e. The summed E-state index contributed by atoms with van der Waals surface area (Å²) < 4.78 is 71.0. The Morgan fingerprint density at radius 2 is 2.00 bits per heavy atom. The van der Waals surface area contributed by atoms with Crippen LogP contribution < -0.4 is 14.9 Å². The third kappa shape index (κ3) is 4.10. The van der Waals surface area contributed by atoms with Crippen molar-refractivity contribution in [2.75, 3.05) is 35.0 Å². The minimum Gasteiger partial charge on any atom is -0.361 e. The van der Waals surface area contributed by atoms with Gasteiger partial charge < -0.3 is 10.6 Å². The number of hydrogen-bond donors (Lipinski definition) is 2. The molecule has 0 amide bonds. The van der Waals surface area contributed by atoms with Gasteiger partial charge in [0, 0.05) is 19.2 Å². The minimum atomic E-state index is -3.50. The molecule has 0 bridgehead atoms. The first-order valence-corrected chi connectivity index (χ1v) is 12.3. The first-order chi connectivity index (χ1) is 15.8. The molecule has 0 unspecified atom stereocenters. The van der Waals surface area contributed by atoms with Crippen LogP contribution in [0.2, 0.25) is 0 Å². The SMILES string of the molecule is O=S1(=O)CCCCN1c1cn2c(-c3nc(N[C@H]4CNCC[C@@H]4F)c(F)cc3F)cnc2cn1. The summed E-state index contributed by atoms with van der Waals surface area (Å²) in [7, 11) is -3.50. The number of nitrogens with zero attached hydrogens (tertiary/aromatic N) is 5. The first kappa shape index (κ1) is 21.9. The highest BCUT2D eigenvalue weighted by Gasteiger charge is 2.29. The van der Waals surface area contributed by atoms with Gasteiger partial charge in [-0.1, -0.05) is 0 Å². The number of aromatic nitrogens is 4. The molecule has 5 rings (SSSR count). The van der Waals surface area contributed by atoms with Crippen LogP contribution in [0, 0.1) is 11.6 Å². The molecule has 13 heteroatoms. The van der Waals surface area contributed by atoms with Crippen LogP contribution in [-0.2, 0) is 10.0 Å². The number of anilines is 2. The van der Waals surface area contributed by atoms with Crippen molar-refractivity contribution >= 4 is 27.3 Å². The van der Waals surface area contributed by atoms with Gasteiger partial charge >= 0.3 is 0 Å². The summed E-state index contributed by atoms with van der Waals surface area (Å²) in [5.74, 6) is -1.94. The maximum Gasteiger partial charge on any atom is 0.236 e. The molecule has 0 aromatic carbocycles. The number of halogens is 3. The molecule has 0 radical (unpaired) electrons. The van der Waals surface area contributed by atoms with E-state index in [4.69, 9.17) is 0 Å². The molecule has 3 aromatic rings. The molecule has 0 spiro atoms. The number of pyridine rings is 1. The van der Waals surface area contributed by atoms with Crippen LogP contribution in [0.3, 0.4) is 0 Å². The van der Waals surface area contributed by atoms with Crippen molar-refractivity contribution in [1.29, 1.82) is 0 Å². The number of hydrogen-bond acceptors (Lipinski definition) is 7. The van der Waals surface area contributed by atoms with Gasteiger partial charge in [0.05, 0.1) is 36.1 Å². The van der Waals surface area contributed by atoms with Crippen LogP contribution >= 0.6 is 0 Å². The van der Waals surface area contributed by atoms with Gasteiger partial charge in [0.25, 0.3) is 0 Å². The quantitative estimate of drug-likeness (QED) is 0.588. The highest BCUT2D eigenvalue weighted by Crippen LogP contribution is 2.28. The summed E-state index contributed by atoms with van der Waals surface area (Å²) >= 11 is 0. The number of nitrogens with one attached hydrogen (secondary N) is 2. The molecule has 3 aromatic heterocycles. The van der Waals surface area contributed by atoms with Crippen LogP contribution in [0.5, 0.6) is 0 Å². The van der Waals surface area contributed by atoms with Crippen molar-refractivity contribution in [2.45, 2.75) is 31.5 Å². The van der Waals surface area contributed by atoms with Gasteiger partial charge in [-0.15, -0.1) is 0 Å². The Kier molecular flexibility index (Phi) is 5.60. The zero-order valence-corrected chi connectivity index (χ0v) is 18.3. The summed E-state index contributed by atoms with van der Waals surface area (Å²) in [6, 6.07) is -0.0218. The van der Waals surface area contributed by atoms with Crippen LogP contribution in [-0.4, -0.2) is 65.4 Å². The number of rotatable bonds is 4. The maximum atomic E-state index is 14.8. The third-order valence-electron chi connectivity index (χ3n) is 5.88. The van der Waals surface area contributed by atoms with Crippen molar-refractivity contribution < 1.29 is 21.6 Å². The van der Waals surface area contributed by atoms with Crippen molar-refractivity contribution in [3.63, 3.8) is 0 Å². The lowest BCUT2D eigenvalue weighted by atomic mass is 10.1. The molecule has 176 valence electrons. The Bertz CT molecular complexity index is 1300. The number of fused-ring (bicyclic) bond motifs is 1. The number of imidazole rings is 1. The van der Waals surface area contributed by atoms with E-state index >= 15 is 0 Å². The van der Waals surface area contributed by atoms with Gasteiger partial charge in [-0.25, -0.2) is 36.5 Å². The van der Waals surface area contributed by atoms with E-state index < -0.39 is 33.9 Å². The van der Waals surface area contributed by atoms with E-state index in [1.54, 1.807) is 0 Å². The third-order valence-corrected chi connectivity index (χ3v) is 7.72. The second-order valence-electron chi connectivity index (χ2n) is 8.12. The molecule has 2 atom stereocenters. The van der Waals surface area contributed by atoms with Crippen LogP contribution in [0.1, 0.15) is 19.3 Å². The van der Waals surface area contributed by atoms with E-state index in [1.165, 1.54) is 27.3 Å². The average Bonchev–Trinajstić information content (AvgIpc) is 3.20. The van der Waals surface area contributed by atoms with Crippen molar-refractivity contribution in [1.82, 2.24) is 24.7 Å². The maximum absolute atomic E-state index is 14.8. The summed E-state index contributed by atoms with van der Waals surface area (Å²) in [6.45, 7) is 1.10. The fourth-order valence-electron chi connectivity index (χ4n) is 4.12. The van der Waals surface area contributed by atoms with E-state index in [9.17, 15) is 21.6 Å². The highest BCUT2D eigenvalue weighted by atomic mass is 32.2. The zero-order valence-electron chi connectivity index (χ0n) is 17.5. The van der Waals surface area contributed by atoms with E-state index in [1.807, 2.05) is 0 Å². The van der Waals surface area contributed by atoms with Gasteiger partial charge in [-0.05, 0) is 25.8 Å². The zero-order chi connectivity index (χ0) is 23.2. The molecular weight excluding hydrogens is 459 g/mol. The van der Waals surface area contributed by atoms with Gasteiger partial charge in [-0.2, -0.15) is 0 Å². The number of alkyl halides is 1. The molecule has 5 heterocycles. The molecule has 0 saturated carbocycles. The van der Waals surface area contributed by atoms with Crippen molar-refractivity contribution in [2.24, 2.45) is 0 Å². The number of piperidine rings is 1. The molecule has 2 aliphatic rings. The second kappa shape index (κ2) is 8.45. The monoisotopic (exact) mass is 481 g/mol. The average molecular weight is 482 g/mol. The Morgan fingerprint density at radius 3 is 2.79 bits per heavy atom. The first-order valence-electron chi connectivity index (χ1n) is 10.6. The lowest BCUT2D eigenvalue weighted by Gasteiger charge is -2.28. The molecule has 33 heavy (non-hydrogen) atoms. The van der Waals surface area contributed by atoms with Gasteiger partial charge in [-0.3, -0.25) is 8.71 Å². The summed E-state index contributed by atoms with van der Waals surface area (Å²) in [6.07, 6.45) is 4.52. The highest BCUT2D eigenvalue weighted by molar-refractivity contribution is 7.92. The van der Waals surface area contributed by atoms with E-state index in [0.29, 0.717) is 37.6 Å². The van der Waals surface area contributed by atoms with E-state index in [2.05, 4.69) is 25.6 Å². The fourth-order valence-corrected chi connectivity index (χ4v) is 5.70. The molecule has 2 aliphatic heterocycles.